The van der Waals surface area contributed by atoms with Gasteiger partial charge < -0.3 is 15.4 Å². The second-order valence-corrected chi connectivity index (χ2v) is 6.24. The van der Waals surface area contributed by atoms with E-state index >= 15 is 0 Å². The van der Waals surface area contributed by atoms with Gasteiger partial charge in [-0.1, -0.05) is 19.1 Å². The third-order valence-electron chi connectivity index (χ3n) is 4.49. The zero-order valence-corrected chi connectivity index (χ0v) is 14.5. The summed E-state index contributed by atoms with van der Waals surface area (Å²) in [6.07, 6.45) is 2.45. The maximum Gasteiger partial charge on any atom is 0.224 e. The van der Waals surface area contributed by atoms with Gasteiger partial charge >= 0.3 is 0 Å². The molecule has 5 heteroatoms. The van der Waals surface area contributed by atoms with Gasteiger partial charge in [-0.2, -0.15) is 0 Å². The molecule has 1 aromatic carbocycles. The zero-order valence-electron chi connectivity index (χ0n) is 14.5. The van der Waals surface area contributed by atoms with Gasteiger partial charge in [-0.3, -0.25) is 9.69 Å². The van der Waals surface area contributed by atoms with Crippen LogP contribution in [0.3, 0.4) is 0 Å². The second kappa shape index (κ2) is 8.89. The summed E-state index contributed by atoms with van der Waals surface area (Å²) in [5.74, 6) is 0.942. The highest BCUT2D eigenvalue weighted by Crippen LogP contribution is 2.27. The van der Waals surface area contributed by atoms with Crippen molar-refractivity contribution in [1.82, 2.24) is 15.5 Å². The van der Waals surface area contributed by atoms with Crippen LogP contribution in [0, 0.1) is 5.92 Å². The van der Waals surface area contributed by atoms with Gasteiger partial charge in [0.15, 0.2) is 0 Å². The topological polar surface area (TPSA) is 53.6 Å². The lowest BCUT2D eigenvalue weighted by atomic mass is 10.0. The summed E-state index contributed by atoms with van der Waals surface area (Å²) in [4.78, 5) is 14.7. The van der Waals surface area contributed by atoms with E-state index in [1.54, 1.807) is 7.11 Å². The van der Waals surface area contributed by atoms with E-state index in [1.807, 2.05) is 26.1 Å². The lowest BCUT2D eigenvalue weighted by molar-refractivity contribution is -0.124. The number of hydrogen-bond acceptors (Lipinski definition) is 4. The largest absolute Gasteiger partial charge is 0.497 e. The van der Waals surface area contributed by atoms with Crippen molar-refractivity contribution in [2.45, 2.75) is 25.8 Å². The van der Waals surface area contributed by atoms with E-state index in [9.17, 15) is 4.79 Å². The fourth-order valence-electron chi connectivity index (χ4n) is 3.13. The number of nitrogens with one attached hydrogen (secondary N) is 2. The monoisotopic (exact) mass is 319 g/mol. The summed E-state index contributed by atoms with van der Waals surface area (Å²) in [6, 6.07) is 8.38. The highest BCUT2D eigenvalue weighted by atomic mass is 16.5. The minimum absolute atomic E-state index is 0.0236. The van der Waals surface area contributed by atoms with Gasteiger partial charge in [0.1, 0.15) is 5.75 Å². The maximum atomic E-state index is 12.2. The Morgan fingerprint density at radius 1 is 1.30 bits per heavy atom. The standard InChI is InChI=1S/C18H29N3O2/c1-14(12-19-2)18(22)20-13-17(21-9-4-5-10-21)15-7-6-8-16(11-15)23-3/h6-8,11,14,17,19H,4-5,9-10,12-13H2,1-3H3,(H,20,22). The molecule has 1 heterocycles. The van der Waals surface area contributed by atoms with Gasteiger partial charge in [-0.15, -0.1) is 0 Å². The molecule has 1 aliphatic rings. The van der Waals surface area contributed by atoms with Crippen LogP contribution in [0.25, 0.3) is 0 Å². The van der Waals surface area contributed by atoms with Crippen molar-refractivity contribution in [2.24, 2.45) is 5.92 Å². The third kappa shape index (κ3) is 4.94. The summed E-state index contributed by atoms with van der Waals surface area (Å²) < 4.78 is 5.35. The highest BCUT2D eigenvalue weighted by molar-refractivity contribution is 5.78. The average Bonchev–Trinajstić information content (AvgIpc) is 3.09. The van der Waals surface area contributed by atoms with Crippen molar-refractivity contribution in [3.8, 4) is 5.75 Å². The first kappa shape index (κ1) is 17.8. The number of nitrogens with zero attached hydrogens (tertiary/aromatic N) is 1. The van der Waals surface area contributed by atoms with E-state index in [2.05, 4.69) is 27.7 Å². The lowest BCUT2D eigenvalue weighted by Crippen LogP contribution is -2.40. The molecule has 0 bridgehead atoms. The normalized spacial score (nSPS) is 17.7. The van der Waals surface area contributed by atoms with Crippen molar-refractivity contribution in [3.63, 3.8) is 0 Å². The molecule has 1 amide bonds. The first-order valence-corrected chi connectivity index (χ1v) is 8.46. The van der Waals surface area contributed by atoms with Gasteiger partial charge in [0, 0.05) is 19.0 Å². The van der Waals surface area contributed by atoms with Crippen LogP contribution >= 0.6 is 0 Å². The first-order chi connectivity index (χ1) is 11.2. The van der Waals surface area contributed by atoms with Crippen LogP contribution in [0.5, 0.6) is 5.75 Å². The van der Waals surface area contributed by atoms with Crippen molar-refractivity contribution in [1.29, 1.82) is 0 Å². The van der Waals surface area contributed by atoms with Gasteiger partial charge in [0.25, 0.3) is 0 Å². The minimum Gasteiger partial charge on any atom is -0.497 e. The van der Waals surface area contributed by atoms with Crippen LogP contribution < -0.4 is 15.4 Å². The predicted octanol–water partition coefficient (Wildman–Crippen LogP) is 1.80. The van der Waals surface area contributed by atoms with E-state index in [0.717, 1.165) is 18.8 Å². The summed E-state index contributed by atoms with van der Waals surface area (Å²) >= 11 is 0. The second-order valence-electron chi connectivity index (χ2n) is 6.24. The molecule has 1 aromatic rings. The third-order valence-corrected chi connectivity index (χ3v) is 4.49. The number of ether oxygens (including phenoxy) is 1. The van der Waals surface area contributed by atoms with Crippen LogP contribution in [0.2, 0.25) is 0 Å². The Hall–Kier alpha value is -1.59. The quantitative estimate of drug-likeness (QED) is 0.767. The van der Waals surface area contributed by atoms with Gasteiger partial charge in [0.2, 0.25) is 5.91 Å². The van der Waals surface area contributed by atoms with Crippen LogP contribution in [0.4, 0.5) is 0 Å². The first-order valence-electron chi connectivity index (χ1n) is 8.46. The molecule has 1 fully saturated rings. The molecule has 23 heavy (non-hydrogen) atoms. The Labute approximate surface area is 139 Å². The summed E-state index contributed by atoms with van der Waals surface area (Å²) in [7, 11) is 3.55. The summed E-state index contributed by atoms with van der Waals surface area (Å²) in [6.45, 7) is 5.45. The Balaban J connectivity index is 2.06. The fraction of sp³-hybridized carbons (Fsp3) is 0.611. The number of rotatable bonds is 8. The molecule has 2 unspecified atom stereocenters. The predicted molar refractivity (Wildman–Crippen MR) is 92.6 cm³/mol. The molecular weight excluding hydrogens is 290 g/mol. The van der Waals surface area contributed by atoms with Crippen molar-refractivity contribution < 1.29 is 9.53 Å². The van der Waals surface area contributed by atoms with Crippen molar-refractivity contribution in [3.05, 3.63) is 29.8 Å². The summed E-state index contributed by atoms with van der Waals surface area (Å²) in [5.41, 5.74) is 1.20. The fourth-order valence-corrected chi connectivity index (χ4v) is 3.13. The van der Waals surface area contributed by atoms with Crippen LogP contribution in [-0.2, 0) is 4.79 Å². The number of carbonyl (C=O) groups excluding carboxylic acids is 1. The van der Waals surface area contributed by atoms with Gasteiger partial charge in [-0.25, -0.2) is 0 Å². The van der Waals surface area contributed by atoms with Crippen LogP contribution in [-0.4, -0.2) is 51.1 Å². The van der Waals surface area contributed by atoms with Crippen LogP contribution in [0.1, 0.15) is 31.4 Å². The maximum absolute atomic E-state index is 12.2. The van der Waals surface area contributed by atoms with Gasteiger partial charge in [0.05, 0.1) is 13.2 Å². The highest BCUT2D eigenvalue weighted by Gasteiger charge is 2.25. The van der Waals surface area contributed by atoms with E-state index in [-0.39, 0.29) is 17.9 Å². The molecule has 1 aliphatic heterocycles. The molecule has 5 nitrogen and oxygen atoms in total. The molecule has 2 rings (SSSR count). The van der Waals surface area contributed by atoms with Crippen LogP contribution in [0.15, 0.2) is 24.3 Å². The van der Waals surface area contributed by atoms with E-state index in [0.29, 0.717) is 13.1 Å². The molecule has 0 spiro atoms. The molecule has 0 radical (unpaired) electrons. The number of hydrogen-bond donors (Lipinski definition) is 2. The Morgan fingerprint density at radius 2 is 2.04 bits per heavy atom. The smallest absolute Gasteiger partial charge is 0.224 e. The Kier molecular flexibility index (Phi) is 6.86. The number of likely N-dealkylation sites (tertiary alicyclic amines) is 1. The number of methoxy groups -OCH3 is 1. The SMILES string of the molecule is CNCC(C)C(=O)NCC(c1cccc(OC)c1)N1CCCC1. The molecule has 2 atom stereocenters. The zero-order chi connectivity index (χ0) is 16.7. The van der Waals surface area contributed by atoms with E-state index in [4.69, 9.17) is 4.74 Å². The number of carbonyl (C=O) groups is 1. The van der Waals surface area contributed by atoms with E-state index < -0.39 is 0 Å². The minimum atomic E-state index is -0.0236. The number of amides is 1. The molecular formula is C18H29N3O2. The Bertz CT molecular complexity index is 501. The number of benzene rings is 1. The summed E-state index contributed by atoms with van der Waals surface area (Å²) in [5, 5.41) is 6.17. The molecule has 0 saturated carbocycles. The molecule has 0 aromatic heterocycles. The van der Waals surface area contributed by atoms with Gasteiger partial charge in [-0.05, 0) is 50.7 Å². The molecule has 2 N–H and O–H groups in total. The Morgan fingerprint density at radius 3 is 2.70 bits per heavy atom. The molecule has 128 valence electrons. The lowest BCUT2D eigenvalue weighted by Gasteiger charge is -2.29. The molecule has 0 aliphatic carbocycles. The van der Waals surface area contributed by atoms with Crippen molar-refractivity contribution in [2.75, 3.05) is 40.3 Å². The van der Waals surface area contributed by atoms with Crippen molar-refractivity contribution >= 4 is 5.91 Å². The average molecular weight is 319 g/mol. The molecule has 1 saturated heterocycles. The van der Waals surface area contributed by atoms with E-state index in [1.165, 1.54) is 18.4 Å².